The molecule has 0 saturated carbocycles. The van der Waals surface area contributed by atoms with E-state index in [9.17, 15) is 13.2 Å². The van der Waals surface area contributed by atoms with E-state index in [-0.39, 0.29) is 21.6 Å². The van der Waals surface area contributed by atoms with Crippen molar-refractivity contribution < 1.29 is 13.2 Å². The Labute approximate surface area is 205 Å². The first-order chi connectivity index (χ1) is 16.4. The summed E-state index contributed by atoms with van der Waals surface area (Å²) in [4.78, 5) is 20.2. The number of nitrogens with one attached hydrogen (secondary N) is 2. The quantitative estimate of drug-likeness (QED) is 0.310. The van der Waals surface area contributed by atoms with E-state index in [4.69, 9.17) is 0 Å². The number of hydrogen-bond donors (Lipinski definition) is 2. The largest absolute Gasteiger partial charge is 0.355 e. The number of hydrogen-bond acceptors (Lipinski definition) is 5. The zero-order valence-electron chi connectivity index (χ0n) is 19.2. The molecule has 0 saturated heterocycles. The van der Waals surface area contributed by atoms with Gasteiger partial charge in [-0.1, -0.05) is 71.4 Å². The van der Waals surface area contributed by atoms with Crippen LogP contribution in [0, 0.1) is 6.92 Å². The molecule has 6 nitrogen and oxygen atoms in total. The molecule has 2 aromatic carbocycles. The molecule has 34 heavy (non-hydrogen) atoms. The molecular formula is C26H29N3O3S2. The van der Waals surface area contributed by atoms with Crippen molar-refractivity contribution >= 4 is 27.5 Å². The van der Waals surface area contributed by atoms with Gasteiger partial charge < -0.3 is 10.3 Å². The number of sulfone groups is 1. The summed E-state index contributed by atoms with van der Waals surface area (Å²) in [6.07, 6.45) is 7.85. The number of amides is 1. The van der Waals surface area contributed by atoms with E-state index in [0.29, 0.717) is 17.4 Å². The number of H-pyrrole nitrogens is 1. The summed E-state index contributed by atoms with van der Waals surface area (Å²) in [5.74, 6) is 0.417. The van der Waals surface area contributed by atoms with Crippen LogP contribution in [0.5, 0.6) is 0 Å². The molecule has 0 bridgehead atoms. The summed E-state index contributed by atoms with van der Waals surface area (Å²) < 4.78 is 26.7. The van der Waals surface area contributed by atoms with Crippen LogP contribution in [0.4, 0.5) is 0 Å². The maximum Gasteiger partial charge on any atom is 0.230 e. The van der Waals surface area contributed by atoms with E-state index in [0.717, 1.165) is 42.2 Å². The number of carbonyl (C=O) groups excluding carboxylic acids is 1. The van der Waals surface area contributed by atoms with Crippen LogP contribution in [-0.2, 0) is 14.6 Å². The van der Waals surface area contributed by atoms with Crippen LogP contribution in [0.1, 0.15) is 37.7 Å². The molecule has 0 aliphatic heterocycles. The summed E-state index contributed by atoms with van der Waals surface area (Å²) in [5.41, 5.74) is 3.29. The second kappa shape index (κ2) is 11.1. The molecule has 1 aromatic heterocycles. The second-order valence-corrected chi connectivity index (χ2v) is 11.2. The van der Waals surface area contributed by atoms with Gasteiger partial charge in [0, 0.05) is 12.1 Å². The van der Waals surface area contributed by atoms with Gasteiger partial charge >= 0.3 is 0 Å². The van der Waals surface area contributed by atoms with Crippen molar-refractivity contribution in [2.24, 2.45) is 0 Å². The van der Waals surface area contributed by atoms with Crippen molar-refractivity contribution in [2.45, 2.75) is 54.0 Å². The highest BCUT2D eigenvalue weighted by Gasteiger charge is 2.26. The molecule has 0 fully saturated rings. The predicted octanol–water partition coefficient (Wildman–Crippen LogP) is 5.32. The lowest BCUT2D eigenvalue weighted by Crippen LogP contribution is -2.26. The Morgan fingerprint density at radius 2 is 1.85 bits per heavy atom. The lowest BCUT2D eigenvalue weighted by Gasteiger charge is -2.12. The maximum absolute atomic E-state index is 13.4. The van der Waals surface area contributed by atoms with Gasteiger partial charge in [0.05, 0.1) is 10.6 Å². The molecule has 178 valence electrons. The zero-order chi connectivity index (χ0) is 24.0. The van der Waals surface area contributed by atoms with Crippen molar-refractivity contribution in [2.75, 3.05) is 12.3 Å². The normalized spacial score (nSPS) is 14.0. The molecule has 8 heteroatoms. The number of benzene rings is 2. The molecular weight excluding hydrogens is 466 g/mol. The van der Waals surface area contributed by atoms with E-state index < -0.39 is 9.84 Å². The predicted molar refractivity (Wildman–Crippen MR) is 136 cm³/mol. The fourth-order valence-electron chi connectivity index (χ4n) is 3.87. The molecule has 4 rings (SSSR count). The van der Waals surface area contributed by atoms with Crippen LogP contribution in [0.25, 0.3) is 11.4 Å². The number of aromatic nitrogens is 2. The third kappa shape index (κ3) is 5.98. The Bertz CT molecular complexity index is 1260. The van der Waals surface area contributed by atoms with Gasteiger partial charge in [-0.25, -0.2) is 13.4 Å². The smallest absolute Gasteiger partial charge is 0.230 e. The average molecular weight is 496 g/mol. The number of rotatable bonds is 9. The van der Waals surface area contributed by atoms with Gasteiger partial charge in [-0.2, -0.15) is 0 Å². The lowest BCUT2D eigenvalue weighted by atomic mass is 9.97. The minimum Gasteiger partial charge on any atom is -0.355 e. The SMILES string of the molecule is Cc1ccc(-c2nc(SCC(=O)NCCC3=CCCCC3)c(S(=O)(=O)c3ccccc3)[nH]2)cc1. The van der Waals surface area contributed by atoms with Gasteiger partial charge in [0.1, 0.15) is 10.9 Å². The molecule has 1 amide bonds. The minimum atomic E-state index is -3.82. The Kier molecular flexibility index (Phi) is 7.90. The van der Waals surface area contributed by atoms with Gasteiger partial charge in [0.25, 0.3) is 0 Å². The van der Waals surface area contributed by atoms with Gasteiger partial charge in [0.2, 0.25) is 15.7 Å². The highest BCUT2D eigenvalue weighted by Crippen LogP contribution is 2.32. The first-order valence-corrected chi connectivity index (χ1v) is 13.9. The number of thioether (sulfide) groups is 1. The standard InChI is InChI=1S/C26H29N3O3S2/c1-19-12-14-21(15-13-19)24-28-25(26(29-24)34(31,32)22-10-6-3-7-11-22)33-18-23(30)27-17-16-20-8-4-2-5-9-20/h3,6-8,10-15H,2,4-5,9,16-18H2,1H3,(H,27,30)(H,28,29). The van der Waals surface area contributed by atoms with Crippen molar-refractivity contribution in [3.05, 3.63) is 71.8 Å². The number of aryl methyl sites for hydroxylation is 1. The zero-order valence-corrected chi connectivity index (χ0v) is 20.8. The molecule has 0 unspecified atom stereocenters. The van der Waals surface area contributed by atoms with E-state index in [2.05, 4.69) is 21.4 Å². The number of allylic oxidation sites excluding steroid dienone is 1. The van der Waals surface area contributed by atoms with Gasteiger partial charge in [-0.15, -0.1) is 0 Å². The average Bonchev–Trinajstić information content (AvgIpc) is 3.30. The summed E-state index contributed by atoms with van der Waals surface area (Å²) in [7, 11) is -3.82. The van der Waals surface area contributed by atoms with Crippen molar-refractivity contribution in [1.29, 1.82) is 0 Å². The van der Waals surface area contributed by atoms with Crippen molar-refractivity contribution in [3.63, 3.8) is 0 Å². The fourth-order valence-corrected chi connectivity index (χ4v) is 6.34. The van der Waals surface area contributed by atoms with Crippen molar-refractivity contribution in [1.82, 2.24) is 15.3 Å². The van der Waals surface area contributed by atoms with E-state index in [1.165, 1.54) is 18.4 Å². The molecule has 0 atom stereocenters. The van der Waals surface area contributed by atoms with Crippen LogP contribution < -0.4 is 5.32 Å². The Hall–Kier alpha value is -2.84. The van der Waals surface area contributed by atoms with Crippen LogP contribution in [-0.4, -0.2) is 36.6 Å². The van der Waals surface area contributed by atoms with E-state index in [1.807, 2.05) is 31.2 Å². The molecule has 1 aliphatic carbocycles. The first-order valence-electron chi connectivity index (χ1n) is 11.5. The topological polar surface area (TPSA) is 91.9 Å². The van der Waals surface area contributed by atoms with E-state index >= 15 is 0 Å². The molecule has 1 aliphatic rings. The summed E-state index contributed by atoms with van der Waals surface area (Å²) >= 11 is 1.13. The summed E-state index contributed by atoms with van der Waals surface area (Å²) in [6.45, 7) is 2.58. The van der Waals surface area contributed by atoms with Crippen molar-refractivity contribution in [3.8, 4) is 11.4 Å². The number of aromatic amines is 1. The molecule has 1 heterocycles. The minimum absolute atomic E-state index is 0.0134. The fraction of sp³-hybridized carbons (Fsp3) is 0.308. The van der Waals surface area contributed by atoms with Crippen LogP contribution in [0.15, 0.2) is 81.2 Å². The first kappa shape index (κ1) is 24.3. The Balaban J connectivity index is 1.51. The van der Waals surface area contributed by atoms with E-state index in [1.54, 1.807) is 30.3 Å². The monoisotopic (exact) mass is 495 g/mol. The highest BCUT2D eigenvalue weighted by atomic mass is 32.2. The Morgan fingerprint density at radius 1 is 1.09 bits per heavy atom. The molecule has 0 radical (unpaired) electrons. The third-order valence-corrected chi connectivity index (χ3v) is 8.61. The lowest BCUT2D eigenvalue weighted by molar-refractivity contribution is -0.118. The van der Waals surface area contributed by atoms with Crippen LogP contribution in [0.3, 0.4) is 0 Å². The number of carbonyl (C=O) groups is 1. The number of imidazole rings is 1. The van der Waals surface area contributed by atoms with Gasteiger partial charge in [-0.05, 0) is 51.2 Å². The van der Waals surface area contributed by atoms with Gasteiger partial charge in [0.15, 0.2) is 5.03 Å². The van der Waals surface area contributed by atoms with Crippen LogP contribution >= 0.6 is 11.8 Å². The molecule has 0 spiro atoms. The Morgan fingerprint density at radius 3 is 2.56 bits per heavy atom. The third-order valence-electron chi connectivity index (χ3n) is 5.78. The highest BCUT2D eigenvalue weighted by molar-refractivity contribution is 8.00. The molecule has 2 N–H and O–H groups in total. The maximum atomic E-state index is 13.4. The van der Waals surface area contributed by atoms with Crippen LogP contribution in [0.2, 0.25) is 0 Å². The molecule has 3 aromatic rings. The number of nitrogens with zero attached hydrogens (tertiary/aromatic N) is 1. The second-order valence-electron chi connectivity index (χ2n) is 8.40. The summed E-state index contributed by atoms with van der Waals surface area (Å²) in [6, 6.07) is 16.0. The van der Waals surface area contributed by atoms with Gasteiger partial charge in [-0.3, -0.25) is 4.79 Å². The summed E-state index contributed by atoms with van der Waals surface area (Å²) in [5, 5.41) is 3.26.